The molecule has 1 N–H and O–H groups in total. The van der Waals surface area contributed by atoms with Gasteiger partial charge in [0.15, 0.2) is 0 Å². The Morgan fingerprint density at radius 3 is 2.52 bits per heavy atom. The van der Waals surface area contributed by atoms with E-state index < -0.39 is 34.2 Å². The number of hydrogen-bond acceptors (Lipinski definition) is 6. The summed E-state index contributed by atoms with van der Waals surface area (Å²) in [7, 11) is 0. The lowest BCUT2D eigenvalue weighted by molar-refractivity contribution is -0.384. The molecular formula is C24H18FN3O5. The van der Waals surface area contributed by atoms with E-state index in [-0.39, 0.29) is 23.4 Å². The number of non-ortho nitro benzene ring substituents is 1. The first-order chi connectivity index (χ1) is 15.8. The van der Waals surface area contributed by atoms with Gasteiger partial charge in [-0.2, -0.15) is 0 Å². The first kappa shape index (κ1) is 21.8. The number of aryl methyl sites for hydroxylation is 1. The van der Waals surface area contributed by atoms with E-state index in [1.807, 2.05) is 0 Å². The van der Waals surface area contributed by atoms with E-state index in [0.717, 1.165) is 6.07 Å². The van der Waals surface area contributed by atoms with Crippen LogP contribution in [0.1, 0.15) is 28.3 Å². The van der Waals surface area contributed by atoms with Crippen LogP contribution in [0.25, 0.3) is 5.76 Å². The molecule has 2 aromatic carbocycles. The number of Topliss-reactive ketones (excluding diaryl/α,β-unsaturated/α-hetero) is 1. The first-order valence-electron chi connectivity index (χ1n) is 9.96. The zero-order chi connectivity index (χ0) is 23.7. The van der Waals surface area contributed by atoms with E-state index in [9.17, 15) is 29.2 Å². The minimum atomic E-state index is -1.03. The number of carbonyl (C=O) groups excluding carboxylic acids is 2. The zero-order valence-electron chi connectivity index (χ0n) is 17.4. The van der Waals surface area contributed by atoms with Crippen molar-refractivity contribution in [3.05, 3.63) is 111 Å². The fourth-order valence-corrected chi connectivity index (χ4v) is 3.75. The number of rotatable bonds is 5. The number of pyridine rings is 1. The summed E-state index contributed by atoms with van der Waals surface area (Å²) < 4.78 is 14.1. The molecular weight excluding hydrogens is 429 g/mol. The van der Waals surface area contributed by atoms with E-state index >= 15 is 0 Å². The maximum atomic E-state index is 14.1. The van der Waals surface area contributed by atoms with Crippen molar-refractivity contribution in [3.63, 3.8) is 0 Å². The van der Waals surface area contributed by atoms with Crippen LogP contribution in [0.2, 0.25) is 0 Å². The molecule has 0 radical (unpaired) electrons. The highest BCUT2D eigenvalue weighted by molar-refractivity contribution is 6.46. The highest BCUT2D eigenvalue weighted by atomic mass is 19.1. The Morgan fingerprint density at radius 1 is 1.18 bits per heavy atom. The maximum Gasteiger partial charge on any atom is 0.295 e. The first-order valence-corrected chi connectivity index (χ1v) is 9.96. The molecule has 0 bridgehead atoms. The number of hydrogen-bond donors (Lipinski definition) is 1. The van der Waals surface area contributed by atoms with Crippen LogP contribution in [0.3, 0.4) is 0 Å². The van der Waals surface area contributed by atoms with Crippen molar-refractivity contribution < 1.29 is 24.0 Å². The maximum absolute atomic E-state index is 14.1. The van der Waals surface area contributed by atoms with E-state index in [0.29, 0.717) is 16.7 Å². The van der Waals surface area contributed by atoms with Gasteiger partial charge in [0.05, 0.1) is 16.5 Å². The SMILES string of the molecule is Cc1ccc(C(O)=C2C(=O)C(=O)N(Cc3cccnc3)[C@H]2c2ccc([N+](=O)[O-])cc2)cc1F. The van der Waals surface area contributed by atoms with Crippen molar-refractivity contribution in [2.24, 2.45) is 0 Å². The number of ketones is 1. The van der Waals surface area contributed by atoms with Gasteiger partial charge in [0.25, 0.3) is 17.4 Å². The lowest BCUT2D eigenvalue weighted by Crippen LogP contribution is -2.29. The van der Waals surface area contributed by atoms with Crippen LogP contribution in [0.15, 0.2) is 72.6 Å². The topological polar surface area (TPSA) is 114 Å². The van der Waals surface area contributed by atoms with Crippen LogP contribution < -0.4 is 0 Å². The van der Waals surface area contributed by atoms with E-state index in [2.05, 4.69) is 4.98 Å². The van der Waals surface area contributed by atoms with Gasteiger partial charge in [-0.15, -0.1) is 0 Å². The van der Waals surface area contributed by atoms with Crippen molar-refractivity contribution in [2.75, 3.05) is 0 Å². The van der Waals surface area contributed by atoms with Crippen molar-refractivity contribution in [2.45, 2.75) is 19.5 Å². The minimum absolute atomic E-state index is 0.0130. The molecule has 1 atom stereocenters. The van der Waals surface area contributed by atoms with E-state index in [1.165, 1.54) is 41.3 Å². The number of likely N-dealkylation sites (tertiary alicyclic amines) is 1. The summed E-state index contributed by atoms with van der Waals surface area (Å²) in [5.41, 5.74) is 1.05. The third kappa shape index (κ3) is 4.08. The Hall–Kier alpha value is -4.40. The molecule has 2 heterocycles. The molecule has 1 aromatic heterocycles. The number of nitrogens with zero attached hydrogens (tertiary/aromatic N) is 3. The lowest BCUT2D eigenvalue weighted by atomic mass is 9.94. The van der Waals surface area contributed by atoms with Crippen LogP contribution in [0, 0.1) is 22.9 Å². The second kappa shape index (κ2) is 8.62. The molecule has 4 rings (SSSR count). The largest absolute Gasteiger partial charge is 0.507 e. The average Bonchev–Trinajstić information content (AvgIpc) is 3.06. The fraction of sp³-hybridized carbons (Fsp3) is 0.125. The van der Waals surface area contributed by atoms with Crippen molar-refractivity contribution in [3.8, 4) is 0 Å². The number of aliphatic hydroxyl groups excluding tert-OH is 1. The molecule has 33 heavy (non-hydrogen) atoms. The normalized spacial score (nSPS) is 17.4. The Bertz CT molecular complexity index is 1290. The smallest absolute Gasteiger partial charge is 0.295 e. The number of amides is 1. The number of halogens is 1. The van der Waals surface area contributed by atoms with Gasteiger partial charge in [0.2, 0.25) is 0 Å². The summed E-state index contributed by atoms with van der Waals surface area (Å²) in [6, 6.07) is 11.7. The average molecular weight is 447 g/mol. The van der Waals surface area contributed by atoms with Gasteiger partial charge in [-0.25, -0.2) is 4.39 Å². The molecule has 1 aliphatic rings. The molecule has 0 saturated carbocycles. The van der Waals surface area contributed by atoms with Gasteiger partial charge < -0.3 is 10.0 Å². The Kier molecular flexibility index (Phi) is 5.70. The molecule has 0 aliphatic carbocycles. The summed E-state index contributed by atoms with van der Waals surface area (Å²) in [6.45, 7) is 1.57. The minimum Gasteiger partial charge on any atom is -0.507 e. The van der Waals surface area contributed by atoms with Gasteiger partial charge in [0.1, 0.15) is 11.6 Å². The molecule has 1 fully saturated rings. The van der Waals surface area contributed by atoms with E-state index in [4.69, 9.17) is 0 Å². The number of nitro benzene ring substituents is 1. The van der Waals surface area contributed by atoms with E-state index in [1.54, 1.807) is 31.5 Å². The Morgan fingerprint density at radius 2 is 1.91 bits per heavy atom. The lowest BCUT2D eigenvalue weighted by Gasteiger charge is -2.25. The van der Waals surface area contributed by atoms with Crippen LogP contribution in [0.5, 0.6) is 0 Å². The Labute approximate surface area is 187 Å². The van der Waals surface area contributed by atoms with Crippen molar-refractivity contribution >= 4 is 23.1 Å². The van der Waals surface area contributed by atoms with Crippen molar-refractivity contribution in [1.29, 1.82) is 0 Å². The quantitative estimate of drug-likeness (QED) is 0.207. The molecule has 9 heteroatoms. The van der Waals surface area contributed by atoms with Crippen LogP contribution >= 0.6 is 0 Å². The number of nitro groups is 1. The third-order valence-electron chi connectivity index (χ3n) is 5.48. The van der Waals surface area contributed by atoms with Crippen LogP contribution in [-0.2, 0) is 16.1 Å². The summed E-state index contributed by atoms with van der Waals surface area (Å²) in [5, 5.41) is 22.0. The number of benzene rings is 2. The van der Waals surface area contributed by atoms with Gasteiger partial charge >= 0.3 is 0 Å². The molecule has 0 spiro atoms. The second-order valence-corrected chi connectivity index (χ2v) is 7.60. The summed E-state index contributed by atoms with van der Waals surface area (Å²) in [5.74, 6) is -2.88. The second-order valence-electron chi connectivity index (χ2n) is 7.60. The summed E-state index contributed by atoms with van der Waals surface area (Å²) in [4.78, 5) is 41.7. The number of aromatic nitrogens is 1. The zero-order valence-corrected chi connectivity index (χ0v) is 17.4. The van der Waals surface area contributed by atoms with Gasteiger partial charge in [-0.05, 0) is 47.9 Å². The summed E-state index contributed by atoms with van der Waals surface area (Å²) >= 11 is 0. The van der Waals surface area contributed by atoms with Crippen molar-refractivity contribution in [1.82, 2.24) is 9.88 Å². The third-order valence-corrected chi connectivity index (χ3v) is 5.48. The molecule has 1 aliphatic heterocycles. The molecule has 166 valence electrons. The predicted octanol–water partition coefficient (Wildman–Crippen LogP) is 4.06. The highest BCUT2D eigenvalue weighted by Crippen LogP contribution is 2.40. The molecule has 1 saturated heterocycles. The van der Waals surface area contributed by atoms with Gasteiger partial charge in [-0.1, -0.05) is 18.2 Å². The standard InChI is InChI=1S/C24H18FN3O5/c1-14-4-5-17(11-19(14)25)22(29)20-21(16-6-8-18(9-7-16)28(32)33)27(24(31)23(20)30)13-15-3-2-10-26-12-15/h2-12,21,29H,13H2,1H3/t21-/m0/s1. The molecule has 1 amide bonds. The predicted molar refractivity (Wildman–Crippen MR) is 116 cm³/mol. The monoisotopic (exact) mass is 447 g/mol. The molecule has 3 aromatic rings. The van der Waals surface area contributed by atoms with Crippen LogP contribution in [-0.4, -0.2) is 31.6 Å². The van der Waals surface area contributed by atoms with Gasteiger partial charge in [-0.3, -0.25) is 24.7 Å². The van der Waals surface area contributed by atoms with Gasteiger partial charge in [0, 0.05) is 36.6 Å². The molecule has 8 nitrogen and oxygen atoms in total. The molecule has 0 unspecified atom stereocenters. The Balaban J connectivity index is 1.87. The number of aliphatic hydroxyl groups is 1. The van der Waals surface area contributed by atoms with Crippen LogP contribution in [0.4, 0.5) is 10.1 Å². The highest BCUT2D eigenvalue weighted by Gasteiger charge is 2.46. The summed E-state index contributed by atoms with van der Waals surface area (Å²) in [6.07, 6.45) is 3.11. The fourth-order valence-electron chi connectivity index (χ4n) is 3.75. The number of carbonyl (C=O) groups is 2.